The topological polar surface area (TPSA) is 28.7 Å². The van der Waals surface area contributed by atoms with E-state index >= 15 is 0 Å². The zero-order valence-electron chi connectivity index (χ0n) is 9.66. The molecule has 16 heavy (non-hydrogen) atoms. The summed E-state index contributed by atoms with van der Waals surface area (Å²) in [5, 5.41) is 0. The molecular weight excluding hydrogens is 216 g/mol. The summed E-state index contributed by atoms with van der Waals surface area (Å²) in [5.74, 6) is 0. The Hall–Kier alpha value is -1.48. The van der Waals surface area contributed by atoms with Crippen LogP contribution < -0.4 is 0 Å². The molecule has 0 atom stereocenters. The predicted octanol–water partition coefficient (Wildman–Crippen LogP) is 3.73. The molecule has 0 aliphatic heterocycles. The Morgan fingerprint density at radius 2 is 1.62 bits per heavy atom. The lowest BCUT2D eigenvalue weighted by molar-refractivity contribution is 1.08. The molecule has 0 amide bonds. The first-order valence-corrected chi connectivity index (χ1v) is 5.62. The molecule has 1 aromatic carbocycles. The Labute approximate surface area is 100 Å². The van der Waals surface area contributed by atoms with E-state index in [1.165, 1.54) is 11.1 Å². The standard InChI is InChI=1S/C13H14N2S/c1-8-4-9(2)6-11(5-8)12-7-10(3)14-13(16)15-12/h4-7H,1-3H3,(H,14,15,16). The van der Waals surface area contributed by atoms with Gasteiger partial charge in [0.2, 0.25) is 0 Å². The first-order chi connectivity index (χ1) is 7.54. The molecule has 3 heteroatoms. The van der Waals surface area contributed by atoms with Crippen molar-refractivity contribution in [2.45, 2.75) is 20.8 Å². The third kappa shape index (κ3) is 2.36. The van der Waals surface area contributed by atoms with Crippen LogP contribution in [0.25, 0.3) is 11.3 Å². The van der Waals surface area contributed by atoms with Gasteiger partial charge in [0.25, 0.3) is 0 Å². The number of aromatic amines is 1. The Bertz CT molecular complexity index is 564. The minimum absolute atomic E-state index is 0.536. The van der Waals surface area contributed by atoms with Crippen LogP contribution in [0.5, 0.6) is 0 Å². The van der Waals surface area contributed by atoms with Gasteiger partial charge < -0.3 is 4.98 Å². The van der Waals surface area contributed by atoms with Crippen molar-refractivity contribution < 1.29 is 0 Å². The smallest absolute Gasteiger partial charge is 0.197 e. The van der Waals surface area contributed by atoms with Crippen molar-refractivity contribution in [3.8, 4) is 11.3 Å². The van der Waals surface area contributed by atoms with E-state index in [9.17, 15) is 0 Å². The van der Waals surface area contributed by atoms with Gasteiger partial charge in [0.1, 0.15) is 0 Å². The van der Waals surface area contributed by atoms with Crippen LogP contribution in [-0.2, 0) is 0 Å². The molecule has 1 heterocycles. The normalized spacial score (nSPS) is 10.4. The van der Waals surface area contributed by atoms with Crippen LogP contribution in [0.3, 0.4) is 0 Å². The van der Waals surface area contributed by atoms with Gasteiger partial charge in [-0.25, -0.2) is 4.98 Å². The molecule has 0 aliphatic carbocycles. The molecular formula is C13H14N2S. The number of aromatic nitrogens is 2. The van der Waals surface area contributed by atoms with Gasteiger partial charge in [-0.3, -0.25) is 0 Å². The zero-order valence-corrected chi connectivity index (χ0v) is 10.5. The molecule has 82 valence electrons. The van der Waals surface area contributed by atoms with Crippen LogP contribution in [0, 0.1) is 25.5 Å². The van der Waals surface area contributed by atoms with Gasteiger partial charge in [0.15, 0.2) is 4.77 Å². The molecule has 1 N–H and O–H groups in total. The van der Waals surface area contributed by atoms with Crippen molar-refractivity contribution in [2.75, 3.05) is 0 Å². The number of nitrogens with zero attached hydrogens (tertiary/aromatic N) is 1. The van der Waals surface area contributed by atoms with Crippen LogP contribution in [0.4, 0.5) is 0 Å². The van der Waals surface area contributed by atoms with E-state index in [0.717, 1.165) is 17.0 Å². The van der Waals surface area contributed by atoms with E-state index in [4.69, 9.17) is 12.2 Å². The SMILES string of the molecule is Cc1cc(C)cc(-c2cc(C)[nH]c(=S)n2)c1. The second-order valence-electron chi connectivity index (χ2n) is 4.13. The first-order valence-electron chi connectivity index (χ1n) is 5.21. The number of hydrogen-bond acceptors (Lipinski definition) is 2. The molecule has 0 spiro atoms. The number of hydrogen-bond donors (Lipinski definition) is 1. The summed E-state index contributed by atoms with van der Waals surface area (Å²) >= 11 is 5.09. The maximum Gasteiger partial charge on any atom is 0.197 e. The molecule has 2 rings (SSSR count). The van der Waals surface area contributed by atoms with E-state index in [-0.39, 0.29) is 0 Å². The Morgan fingerprint density at radius 1 is 1.00 bits per heavy atom. The number of nitrogens with one attached hydrogen (secondary N) is 1. The number of rotatable bonds is 1. The largest absolute Gasteiger partial charge is 0.335 e. The maximum atomic E-state index is 5.09. The predicted molar refractivity (Wildman–Crippen MR) is 69.1 cm³/mol. The summed E-state index contributed by atoms with van der Waals surface area (Å²) in [6.45, 7) is 6.17. The van der Waals surface area contributed by atoms with E-state index in [2.05, 4.69) is 42.0 Å². The lowest BCUT2D eigenvalue weighted by atomic mass is 10.0. The van der Waals surface area contributed by atoms with Gasteiger partial charge in [-0.15, -0.1) is 0 Å². The summed E-state index contributed by atoms with van der Waals surface area (Å²) in [7, 11) is 0. The summed E-state index contributed by atoms with van der Waals surface area (Å²) in [4.78, 5) is 7.36. The first kappa shape index (κ1) is 11.0. The highest BCUT2D eigenvalue weighted by Gasteiger charge is 2.02. The average molecular weight is 230 g/mol. The van der Waals surface area contributed by atoms with Crippen LogP contribution in [0.2, 0.25) is 0 Å². The molecule has 0 unspecified atom stereocenters. The van der Waals surface area contributed by atoms with Gasteiger partial charge >= 0.3 is 0 Å². The fourth-order valence-electron chi connectivity index (χ4n) is 1.85. The van der Waals surface area contributed by atoms with Crippen LogP contribution in [0.15, 0.2) is 24.3 Å². The monoisotopic (exact) mass is 230 g/mol. The summed E-state index contributed by atoms with van der Waals surface area (Å²) in [5.41, 5.74) is 5.59. The van der Waals surface area contributed by atoms with Crippen molar-refractivity contribution in [3.63, 3.8) is 0 Å². The molecule has 0 saturated heterocycles. The Balaban J connectivity index is 2.62. The third-order valence-corrected chi connectivity index (χ3v) is 2.59. The van der Waals surface area contributed by atoms with Crippen molar-refractivity contribution in [2.24, 2.45) is 0 Å². The molecule has 1 aromatic heterocycles. The summed E-state index contributed by atoms with van der Waals surface area (Å²) in [6, 6.07) is 8.43. The highest BCUT2D eigenvalue weighted by atomic mass is 32.1. The van der Waals surface area contributed by atoms with Gasteiger partial charge in [-0.2, -0.15) is 0 Å². The highest BCUT2D eigenvalue weighted by molar-refractivity contribution is 7.71. The molecule has 0 saturated carbocycles. The van der Waals surface area contributed by atoms with Crippen LogP contribution >= 0.6 is 12.2 Å². The second kappa shape index (κ2) is 4.18. The minimum Gasteiger partial charge on any atom is -0.335 e. The number of H-pyrrole nitrogens is 1. The fraction of sp³-hybridized carbons (Fsp3) is 0.231. The van der Waals surface area contributed by atoms with Crippen LogP contribution in [0.1, 0.15) is 16.8 Å². The lowest BCUT2D eigenvalue weighted by Gasteiger charge is -2.05. The molecule has 0 bridgehead atoms. The summed E-state index contributed by atoms with van der Waals surface area (Å²) in [6.07, 6.45) is 0. The van der Waals surface area contributed by atoms with Crippen molar-refractivity contribution in [3.05, 3.63) is 45.9 Å². The van der Waals surface area contributed by atoms with Crippen LogP contribution in [-0.4, -0.2) is 9.97 Å². The molecule has 0 radical (unpaired) electrons. The van der Waals surface area contributed by atoms with Crippen molar-refractivity contribution in [1.82, 2.24) is 9.97 Å². The summed E-state index contributed by atoms with van der Waals surface area (Å²) < 4.78 is 0.536. The van der Waals surface area contributed by atoms with Gasteiger partial charge in [-0.05, 0) is 51.2 Å². The fourth-order valence-corrected chi connectivity index (χ4v) is 2.11. The highest BCUT2D eigenvalue weighted by Crippen LogP contribution is 2.20. The van der Waals surface area contributed by atoms with Gasteiger partial charge in [-0.1, -0.05) is 17.2 Å². The molecule has 0 aliphatic rings. The van der Waals surface area contributed by atoms with Gasteiger partial charge in [0.05, 0.1) is 5.69 Å². The maximum absolute atomic E-state index is 5.09. The average Bonchev–Trinajstić information content (AvgIpc) is 2.14. The number of aryl methyl sites for hydroxylation is 3. The van der Waals surface area contributed by atoms with E-state index in [1.807, 2.05) is 13.0 Å². The van der Waals surface area contributed by atoms with E-state index in [0.29, 0.717) is 4.77 Å². The van der Waals surface area contributed by atoms with Crippen molar-refractivity contribution >= 4 is 12.2 Å². The second-order valence-corrected chi connectivity index (χ2v) is 4.52. The number of benzene rings is 1. The van der Waals surface area contributed by atoms with E-state index < -0.39 is 0 Å². The van der Waals surface area contributed by atoms with Crippen molar-refractivity contribution in [1.29, 1.82) is 0 Å². The third-order valence-electron chi connectivity index (χ3n) is 2.40. The molecule has 0 fully saturated rings. The molecule has 2 aromatic rings. The van der Waals surface area contributed by atoms with E-state index in [1.54, 1.807) is 0 Å². The Kier molecular flexibility index (Phi) is 2.88. The lowest BCUT2D eigenvalue weighted by Crippen LogP contribution is -1.91. The van der Waals surface area contributed by atoms with Gasteiger partial charge in [0, 0.05) is 11.3 Å². The molecule has 2 nitrogen and oxygen atoms in total. The Morgan fingerprint density at radius 3 is 2.19 bits per heavy atom. The minimum atomic E-state index is 0.536. The quantitative estimate of drug-likeness (QED) is 0.756. The zero-order chi connectivity index (χ0) is 11.7.